The Labute approximate surface area is 133 Å². The number of sulfone groups is 1. The van der Waals surface area contributed by atoms with Crippen molar-refractivity contribution < 1.29 is 18.4 Å². The molecule has 0 spiro atoms. The summed E-state index contributed by atoms with van der Waals surface area (Å²) in [7, 11) is -4.41. The third-order valence-electron chi connectivity index (χ3n) is 3.26. The number of hydrogen-bond acceptors (Lipinski definition) is 7. The molecule has 10 heteroatoms. The van der Waals surface area contributed by atoms with Gasteiger partial charge in [0, 0.05) is 11.8 Å². The Kier molecular flexibility index (Phi) is 3.53. The van der Waals surface area contributed by atoms with Gasteiger partial charge in [-0.05, 0) is 6.07 Å². The van der Waals surface area contributed by atoms with Gasteiger partial charge in [0.25, 0.3) is 5.12 Å². The van der Waals surface area contributed by atoms with Gasteiger partial charge in [0.05, 0.1) is 10.4 Å². The number of carbonyl (C=O) groups is 1. The topological polar surface area (TPSA) is 139 Å². The Bertz CT molecular complexity index is 1180. The Morgan fingerprint density at radius 1 is 1.17 bits per heavy atom. The largest absolute Gasteiger partial charge is 0.421 e. The van der Waals surface area contributed by atoms with Gasteiger partial charge in [0.2, 0.25) is 9.84 Å². The maximum absolute atomic E-state index is 12.4. The highest BCUT2D eigenvalue weighted by atomic mass is 32.2. The molecule has 9 nitrogen and oxygen atoms in total. The molecule has 122 valence electrons. The van der Waals surface area contributed by atoms with Crippen LogP contribution < -0.4 is 11.2 Å². The normalized spacial score (nSPS) is 11.5. The SMILES string of the molecule is O=C(c1ccccc1)S(=O)(=O)c1cnc2c(=O)n(O)c(=O)[nH]c2c1. The third-order valence-corrected chi connectivity index (χ3v) is 4.82. The summed E-state index contributed by atoms with van der Waals surface area (Å²) < 4.78 is 24.6. The van der Waals surface area contributed by atoms with Crippen LogP contribution in [-0.2, 0) is 9.84 Å². The molecule has 0 aliphatic carbocycles. The number of H-pyrrole nitrogens is 1. The summed E-state index contributed by atoms with van der Waals surface area (Å²) in [5.74, 6) is 0. The van der Waals surface area contributed by atoms with Crippen molar-refractivity contribution in [3.8, 4) is 0 Å². The van der Waals surface area contributed by atoms with E-state index >= 15 is 0 Å². The average molecular weight is 347 g/mol. The number of fused-ring (bicyclic) bond motifs is 1. The number of nitrogens with zero attached hydrogens (tertiary/aromatic N) is 2. The van der Waals surface area contributed by atoms with E-state index in [2.05, 4.69) is 9.97 Å². The van der Waals surface area contributed by atoms with E-state index in [4.69, 9.17) is 0 Å². The summed E-state index contributed by atoms with van der Waals surface area (Å²) in [6, 6.07) is 8.30. The lowest BCUT2D eigenvalue weighted by molar-refractivity contribution is 0.107. The van der Waals surface area contributed by atoms with Crippen LogP contribution in [0.1, 0.15) is 10.4 Å². The van der Waals surface area contributed by atoms with E-state index < -0.39 is 31.1 Å². The molecular formula is C14H9N3O6S. The fraction of sp³-hybridized carbons (Fsp3) is 0. The zero-order valence-electron chi connectivity index (χ0n) is 11.8. The molecule has 0 bridgehead atoms. The molecule has 2 aromatic heterocycles. The van der Waals surface area contributed by atoms with Crippen LogP contribution in [0.25, 0.3) is 11.0 Å². The number of benzene rings is 1. The van der Waals surface area contributed by atoms with Gasteiger partial charge in [-0.25, -0.2) is 18.2 Å². The smallest absolute Gasteiger partial charge is 0.362 e. The van der Waals surface area contributed by atoms with Crippen molar-refractivity contribution in [2.24, 2.45) is 0 Å². The molecule has 2 heterocycles. The molecule has 0 radical (unpaired) electrons. The molecule has 0 fully saturated rings. The number of pyridine rings is 1. The van der Waals surface area contributed by atoms with Crippen molar-refractivity contribution in [3.63, 3.8) is 0 Å². The summed E-state index contributed by atoms with van der Waals surface area (Å²) in [6.45, 7) is 0. The highest BCUT2D eigenvalue weighted by Gasteiger charge is 2.27. The number of carbonyl (C=O) groups excluding carboxylic acids is 1. The molecule has 3 rings (SSSR count). The standard InChI is InChI=1S/C14H9N3O6S/c18-12-11-10(16-14(20)17(12)21)6-9(7-15-11)24(22,23)13(19)8-4-2-1-3-5-8/h1-7,21H,(H,16,20). The molecule has 0 aliphatic heterocycles. The van der Waals surface area contributed by atoms with Gasteiger partial charge in [-0.2, -0.15) is 0 Å². The zero-order valence-corrected chi connectivity index (χ0v) is 12.6. The molecule has 2 N–H and O–H groups in total. The van der Waals surface area contributed by atoms with Crippen LogP contribution >= 0.6 is 0 Å². The second-order valence-electron chi connectivity index (χ2n) is 4.77. The van der Waals surface area contributed by atoms with E-state index in [1.165, 1.54) is 24.3 Å². The summed E-state index contributed by atoms with van der Waals surface area (Å²) >= 11 is 0. The Balaban J connectivity index is 2.19. The molecule has 0 aliphatic rings. The van der Waals surface area contributed by atoms with Crippen LogP contribution in [0.2, 0.25) is 0 Å². The Morgan fingerprint density at radius 2 is 1.83 bits per heavy atom. The lowest BCUT2D eigenvalue weighted by Crippen LogP contribution is -2.33. The fourth-order valence-corrected chi connectivity index (χ4v) is 3.18. The zero-order chi connectivity index (χ0) is 17.5. The summed E-state index contributed by atoms with van der Waals surface area (Å²) in [5.41, 5.74) is -2.84. The van der Waals surface area contributed by atoms with Gasteiger partial charge in [0.1, 0.15) is 0 Å². The molecule has 0 saturated carbocycles. The third kappa shape index (κ3) is 2.38. The van der Waals surface area contributed by atoms with Gasteiger partial charge in [-0.15, -0.1) is 0 Å². The van der Waals surface area contributed by atoms with E-state index in [9.17, 15) is 28.0 Å². The summed E-state index contributed by atoms with van der Waals surface area (Å²) in [4.78, 5) is 40.5. The minimum atomic E-state index is -4.41. The average Bonchev–Trinajstić information content (AvgIpc) is 2.59. The maximum atomic E-state index is 12.4. The predicted octanol–water partition coefficient (Wildman–Crippen LogP) is -0.0638. The van der Waals surface area contributed by atoms with Crippen LogP contribution in [0, 0.1) is 0 Å². The monoisotopic (exact) mass is 347 g/mol. The summed E-state index contributed by atoms with van der Waals surface area (Å²) in [5, 5.41) is 8.08. The van der Waals surface area contributed by atoms with Crippen LogP contribution in [0.5, 0.6) is 0 Å². The van der Waals surface area contributed by atoms with Gasteiger partial charge >= 0.3 is 11.2 Å². The molecule has 0 saturated heterocycles. The first kappa shape index (κ1) is 15.6. The molecule has 0 amide bonds. The van der Waals surface area contributed by atoms with Gasteiger partial charge in [0.15, 0.2) is 5.52 Å². The number of aromatic amines is 1. The second-order valence-corrected chi connectivity index (χ2v) is 6.62. The maximum Gasteiger partial charge on any atom is 0.362 e. The Hall–Kier alpha value is -3.27. The number of rotatable bonds is 2. The van der Waals surface area contributed by atoms with Gasteiger partial charge in [-0.1, -0.05) is 35.1 Å². The lowest BCUT2D eigenvalue weighted by atomic mass is 10.2. The second kappa shape index (κ2) is 5.42. The van der Waals surface area contributed by atoms with Crippen molar-refractivity contribution in [3.05, 3.63) is 69.0 Å². The van der Waals surface area contributed by atoms with Crippen molar-refractivity contribution in [2.45, 2.75) is 4.90 Å². The molecular weight excluding hydrogens is 338 g/mol. The highest BCUT2D eigenvalue weighted by Crippen LogP contribution is 2.17. The van der Waals surface area contributed by atoms with Crippen molar-refractivity contribution in [1.29, 1.82) is 0 Å². The molecule has 0 unspecified atom stereocenters. The number of nitrogens with one attached hydrogen (secondary N) is 1. The molecule has 24 heavy (non-hydrogen) atoms. The number of aromatic nitrogens is 3. The molecule has 1 aromatic carbocycles. The van der Waals surface area contributed by atoms with Crippen LogP contribution in [-0.4, -0.2) is 33.4 Å². The van der Waals surface area contributed by atoms with E-state index in [-0.39, 0.29) is 21.3 Å². The predicted molar refractivity (Wildman–Crippen MR) is 81.8 cm³/mol. The van der Waals surface area contributed by atoms with Crippen molar-refractivity contribution in [1.82, 2.24) is 14.7 Å². The highest BCUT2D eigenvalue weighted by molar-refractivity contribution is 8.06. The van der Waals surface area contributed by atoms with Crippen molar-refractivity contribution >= 4 is 26.0 Å². The van der Waals surface area contributed by atoms with Gasteiger partial charge < -0.3 is 10.2 Å². The first-order chi connectivity index (χ1) is 11.3. The lowest BCUT2D eigenvalue weighted by Gasteiger charge is -2.05. The number of hydrogen-bond donors (Lipinski definition) is 2. The first-order valence-corrected chi connectivity index (χ1v) is 7.99. The first-order valence-electron chi connectivity index (χ1n) is 6.51. The van der Waals surface area contributed by atoms with E-state index in [0.717, 1.165) is 12.3 Å². The summed E-state index contributed by atoms with van der Waals surface area (Å²) in [6.07, 6.45) is 0.818. The quantitative estimate of drug-likeness (QED) is 0.619. The minimum Gasteiger partial charge on any atom is -0.421 e. The minimum absolute atomic E-state index is 0.0307. The molecule has 0 atom stereocenters. The van der Waals surface area contributed by atoms with Crippen molar-refractivity contribution in [2.75, 3.05) is 0 Å². The van der Waals surface area contributed by atoms with E-state index in [1.54, 1.807) is 6.07 Å². The van der Waals surface area contributed by atoms with Crippen LogP contribution in [0.4, 0.5) is 0 Å². The van der Waals surface area contributed by atoms with Crippen LogP contribution in [0.3, 0.4) is 0 Å². The van der Waals surface area contributed by atoms with Crippen LogP contribution in [0.15, 0.2) is 57.1 Å². The Morgan fingerprint density at radius 3 is 2.50 bits per heavy atom. The van der Waals surface area contributed by atoms with E-state index in [0.29, 0.717) is 0 Å². The van der Waals surface area contributed by atoms with Gasteiger partial charge in [-0.3, -0.25) is 9.59 Å². The fourth-order valence-electron chi connectivity index (χ4n) is 2.06. The van der Waals surface area contributed by atoms with E-state index in [1.807, 2.05) is 0 Å². The molecule has 3 aromatic rings.